The highest BCUT2D eigenvalue weighted by molar-refractivity contribution is 7.89. The van der Waals surface area contributed by atoms with E-state index in [1.165, 1.54) is 19.2 Å². The van der Waals surface area contributed by atoms with Crippen LogP contribution in [0, 0.1) is 13.8 Å². The summed E-state index contributed by atoms with van der Waals surface area (Å²) in [6.07, 6.45) is 0.0311. The number of carboxylic acid groups (broad SMARTS) is 1. The van der Waals surface area contributed by atoms with Gasteiger partial charge in [-0.1, -0.05) is 35.4 Å². The molecule has 1 atom stereocenters. The first-order valence-corrected chi connectivity index (χ1v) is 9.47. The SMILES string of the molecule is Cc1ccc(S(=O)(=O)N(C)[C@H](Cc2cc(Cl)ccc2C)C(=O)O)cc1. The van der Waals surface area contributed by atoms with Gasteiger partial charge in [0.1, 0.15) is 6.04 Å². The average Bonchev–Trinajstić information content (AvgIpc) is 2.55. The first-order valence-electron chi connectivity index (χ1n) is 7.65. The van der Waals surface area contributed by atoms with E-state index < -0.39 is 22.0 Å². The van der Waals surface area contributed by atoms with Gasteiger partial charge in [0.2, 0.25) is 10.0 Å². The fraction of sp³-hybridized carbons (Fsp3) is 0.278. The van der Waals surface area contributed by atoms with E-state index in [0.29, 0.717) is 10.6 Å². The zero-order valence-corrected chi connectivity index (χ0v) is 15.8. The third-order valence-corrected chi connectivity index (χ3v) is 6.26. The number of benzene rings is 2. The minimum Gasteiger partial charge on any atom is -0.480 e. The van der Waals surface area contributed by atoms with Crippen LogP contribution in [0.3, 0.4) is 0 Å². The van der Waals surface area contributed by atoms with Gasteiger partial charge in [-0.25, -0.2) is 8.42 Å². The fourth-order valence-electron chi connectivity index (χ4n) is 2.48. The standard InChI is InChI=1S/C18H20ClNO4S/c1-12-4-8-16(9-5-12)25(23,24)20(3)17(18(21)22)11-14-10-15(19)7-6-13(14)2/h4-10,17H,11H2,1-3H3,(H,21,22)/t17-/m1/s1. The van der Waals surface area contributed by atoms with Gasteiger partial charge in [0.05, 0.1) is 4.90 Å². The van der Waals surface area contributed by atoms with E-state index >= 15 is 0 Å². The lowest BCUT2D eigenvalue weighted by Gasteiger charge is -2.25. The van der Waals surface area contributed by atoms with Crippen molar-refractivity contribution in [1.29, 1.82) is 0 Å². The Bertz CT molecular complexity index is 878. The smallest absolute Gasteiger partial charge is 0.322 e. The van der Waals surface area contributed by atoms with Gasteiger partial charge in [-0.05, 0) is 49.2 Å². The number of likely N-dealkylation sites (N-methyl/N-ethyl adjacent to an activating group) is 1. The maximum absolute atomic E-state index is 12.8. The number of carboxylic acids is 1. The van der Waals surface area contributed by atoms with Crippen LogP contribution < -0.4 is 0 Å². The predicted molar refractivity (Wildman–Crippen MR) is 97.4 cm³/mol. The molecular formula is C18H20ClNO4S. The molecule has 2 aromatic carbocycles. The molecule has 1 N–H and O–H groups in total. The number of aryl methyl sites for hydroxylation is 2. The van der Waals surface area contributed by atoms with Gasteiger partial charge in [-0.2, -0.15) is 4.31 Å². The Morgan fingerprint density at radius 3 is 2.32 bits per heavy atom. The van der Waals surface area contributed by atoms with Gasteiger partial charge in [-0.3, -0.25) is 4.79 Å². The van der Waals surface area contributed by atoms with E-state index in [4.69, 9.17) is 11.6 Å². The fourth-order valence-corrected chi connectivity index (χ4v) is 3.99. The van der Waals surface area contributed by atoms with E-state index in [9.17, 15) is 18.3 Å². The molecule has 0 spiro atoms. The van der Waals surface area contributed by atoms with Crippen molar-refractivity contribution in [3.8, 4) is 0 Å². The highest BCUT2D eigenvalue weighted by Gasteiger charge is 2.33. The number of aliphatic carboxylic acids is 1. The topological polar surface area (TPSA) is 74.7 Å². The van der Waals surface area contributed by atoms with Gasteiger partial charge in [-0.15, -0.1) is 0 Å². The number of rotatable bonds is 6. The second-order valence-electron chi connectivity index (χ2n) is 5.96. The van der Waals surface area contributed by atoms with Crippen molar-refractivity contribution < 1.29 is 18.3 Å². The van der Waals surface area contributed by atoms with Crippen molar-refractivity contribution in [2.75, 3.05) is 7.05 Å². The minimum absolute atomic E-state index is 0.0311. The number of hydrogen-bond acceptors (Lipinski definition) is 3. The zero-order chi connectivity index (χ0) is 18.8. The molecule has 2 rings (SSSR count). The molecule has 0 saturated carbocycles. The molecule has 0 heterocycles. The molecule has 0 aromatic heterocycles. The molecular weight excluding hydrogens is 362 g/mol. The van der Waals surface area contributed by atoms with Gasteiger partial charge in [0.25, 0.3) is 0 Å². The summed E-state index contributed by atoms with van der Waals surface area (Å²) in [5, 5.41) is 10.1. The molecule has 7 heteroatoms. The Morgan fingerprint density at radius 1 is 1.16 bits per heavy atom. The van der Waals surface area contributed by atoms with Crippen LogP contribution in [0.25, 0.3) is 0 Å². The quantitative estimate of drug-likeness (QED) is 0.833. The van der Waals surface area contributed by atoms with E-state index in [1.807, 2.05) is 13.8 Å². The maximum atomic E-state index is 12.8. The highest BCUT2D eigenvalue weighted by Crippen LogP contribution is 2.22. The van der Waals surface area contributed by atoms with E-state index in [1.54, 1.807) is 30.3 Å². The largest absolute Gasteiger partial charge is 0.480 e. The Kier molecular flexibility index (Phi) is 5.87. The van der Waals surface area contributed by atoms with Crippen molar-refractivity contribution >= 4 is 27.6 Å². The van der Waals surface area contributed by atoms with E-state index in [-0.39, 0.29) is 11.3 Å². The predicted octanol–water partition coefficient (Wildman–Crippen LogP) is 3.27. The van der Waals surface area contributed by atoms with Crippen LogP contribution in [0.5, 0.6) is 0 Å². The summed E-state index contributed by atoms with van der Waals surface area (Å²) in [5.74, 6) is -1.21. The zero-order valence-electron chi connectivity index (χ0n) is 14.2. The summed E-state index contributed by atoms with van der Waals surface area (Å²) in [5.41, 5.74) is 2.48. The summed E-state index contributed by atoms with van der Waals surface area (Å²) in [7, 11) is -2.64. The minimum atomic E-state index is -3.92. The lowest BCUT2D eigenvalue weighted by Crippen LogP contribution is -2.43. The van der Waals surface area contributed by atoms with Crippen LogP contribution in [-0.2, 0) is 21.2 Å². The van der Waals surface area contributed by atoms with E-state index in [0.717, 1.165) is 15.4 Å². The van der Waals surface area contributed by atoms with Crippen molar-refractivity contribution in [2.24, 2.45) is 0 Å². The number of nitrogens with zero attached hydrogens (tertiary/aromatic N) is 1. The van der Waals surface area contributed by atoms with Gasteiger partial charge < -0.3 is 5.11 Å². The highest BCUT2D eigenvalue weighted by atomic mass is 35.5. The molecule has 0 fully saturated rings. The lowest BCUT2D eigenvalue weighted by atomic mass is 10.0. The first kappa shape index (κ1) is 19.4. The van der Waals surface area contributed by atoms with Gasteiger partial charge in [0.15, 0.2) is 0 Å². The molecule has 2 aromatic rings. The second-order valence-corrected chi connectivity index (χ2v) is 8.40. The van der Waals surface area contributed by atoms with Crippen molar-refractivity contribution in [2.45, 2.75) is 31.2 Å². The van der Waals surface area contributed by atoms with Crippen LogP contribution in [0.4, 0.5) is 0 Å². The van der Waals surface area contributed by atoms with Crippen molar-refractivity contribution in [3.05, 3.63) is 64.2 Å². The summed E-state index contributed by atoms with van der Waals surface area (Å²) < 4.78 is 26.4. The van der Waals surface area contributed by atoms with Crippen molar-refractivity contribution in [3.63, 3.8) is 0 Å². The number of hydrogen-bond donors (Lipinski definition) is 1. The van der Waals surface area contributed by atoms with Crippen molar-refractivity contribution in [1.82, 2.24) is 4.31 Å². The number of halogens is 1. The van der Waals surface area contributed by atoms with Gasteiger partial charge in [0, 0.05) is 18.5 Å². The Balaban J connectivity index is 2.37. The van der Waals surface area contributed by atoms with Crippen LogP contribution in [0.1, 0.15) is 16.7 Å². The summed E-state index contributed by atoms with van der Waals surface area (Å²) in [4.78, 5) is 11.8. The summed E-state index contributed by atoms with van der Waals surface area (Å²) in [6, 6.07) is 10.2. The molecule has 25 heavy (non-hydrogen) atoms. The molecule has 0 saturated heterocycles. The monoisotopic (exact) mass is 381 g/mol. The Hall–Kier alpha value is -1.89. The molecule has 134 valence electrons. The second kappa shape index (κ2) is 7.56. The van der Waals surface area contributed by atoms with Gasteiger partial charge >= 0.3 is 5.97 Å². The third-order valence-electron chi connectivity index (χ3n) is 4.15. The summed E-state index contributed by atoms with van der Waals surface area (Å²) in [6.45, 7) is 3.68. The molecule has 0 amide bonds. The summed E-state index contributed by atoms with van der Waals surface area (Å²) >= 11 is 5.98. The molecule has 0 radical (unpaired) electrons. The lowest BCUT2D eigenvalue weighted by molar-refractivity contribution is -0.141. The molecule has 0 aliphatic rings. The average molecular weight is 382 g/mol. The third kappa shape index (κ3) is 4.39. The molecule has 5 nitrogen and oxygen atoms in total. The van der Waals surface area contributed by atoms with Crippen LogP contribution in [0.15, 0.2) is 47.4 Å². The Labute approximate surface area is 152 Å². The van der Waals surface area contributed by atoms with Crippen LogP contribution >= 0.6 is 11.6 Å². The van der Waals surface area contributed by atoms with Crippen LogP contribution in [0.2, 0.25) is 5.02 Å². The maximum Gasteiger partial charge on any atom is 0.322 e. The Morgan fingerprint density at radius 2 is 1.76 bits per heavy atom. The first-order chi connectivity index (χ1) is 11.6. The number of sulfonamides is 1. The molecule has 0 aliphatic heterocycles. The number of carbonyl (C=O) groups is 1. The molecule has 0 bridgehead atoms. The molecule has 0 unspecified atom stereocenters. The van der Waals surface area contributed by atoms with E-state index in [2.05, 4.69) is 0 Å². The normalized spacial score (nSPS) is 13.0. The molecule has 0 aliphatic carbocycles. The van der Waals surface area contributed by atoms with Crippen LogP contribution in [-0.4, -0.2) is 36.9 Å².